The van der Waals surface area contributed by atoms with Gasteiger partial charge in [-0.25, -0.2) is 8.78 Å². The minimum Gasteiger partial charge on any atom is -0.461 e. The van der Waals surface area contributed by atoms with Crippen LogP contribution < -0.4 is 0 Å². The second-order valence-electron chi connectivity index (χ2n) is 5.47. The maximum Gasteiger partial charge on any atom is 0.340 e. The zero-order valence-corrected chi connectivity index (χ0v) is 12.9. The number of hydrogen-bond acceptors (Lipinski definition) is 4. The van der Waals surface area contributed by atoms with Crippen molar-refractivity contribution in [1.29, 1.82) is 0 Å². The normalized spacial score (nSPS) is 15.7. The summed E-state index contributed by atoms with van der Waals surface area (Å²) in [6, 6.07) is 0. The van der Waals surface area contributed by atoms with E-state index in [1.807, 2.05) is 6.92 Å². The smallest absolute Gasteiger partial charge is 0.340 e. The maximum absolute atomic E-state index is 12.5. The Kier molecular flexibility index (Phi) is 7.51. The SMILES string of the molecule is CC1=C(COC(=O)CCC(=O)OCC(F)(F)C(F)F)CCCC1. The third-order valence-corrected chi connectivity index (χ3v) is 3.57. The summed E-state index contributed by atoms with van der Waals surface area (Å²) < 4.78 is 57.9. The molecule has 0 aromatic carbocycles. The summed E-state index contributed by atoms with van der Waals surface area (Å²) >= 11 is 0. The van der Waals surface area contributed by atoms with Crippen molar-refractivity contribution in [2.24, 2.45) is 0 Å². The van der Waals surface area contributed by atoms with Crippen LogP contribution in [0.25, 0.3) is 0 Å². The zero-order chi connectivity index (χ0) is 17.5. The van der Waals surface area contributed by atoms with Gasteiger partial charge in [0.15, 0.2) is 6.61 Å². The number of esters is 2. The number of ether oxygens (including phenoxy) is 2. The highest BCUT2D eigenvalue weighted by molar-refractivity contribution is 5.77. The summed E-state index contributed by atoms with van der Waals surface area (Å²) in [4.78, 5) is 22.6. The first-order valence-corrected chi connectivity index (χ1v) is 7.37. The Morgan fingerprint density at radius 2 is 1.65 bits per heavy atom. The van der Waals surface area contributed by atoms with Crippen molar-refractivity contribution < 1.29 is 36.6 Å². The van der Waals surface area contributed by atoms with Gasteiger partial charge in [0.25, 0.3) is 0 Å². The number of carbonyl (C=O) groups is 2. The predicted octanol–water partition coefficient (Wildman–Crippen LogP) is 3.64. The van der Waals surface area contributed by atoms with Gasteiger partial charge in [0.2, 0.25) is 0 Å². The lowest BCUT2D eigenvalue weighted by Crippen LogP contribution is -2.33. The summed E-state index contributed by atoms with van der Waals surface area (Å²) in [7, 11) is 0. The van der Waals surface area contributed by atoms with E-state index < -0.39 is 37.3 Å². The van der Waals surface area contributed by atoms with E-state index in [1.54, 1.807) is 0 Å². The molecule has 132 valence electrons. The predicted molar refractivity (Wildman–Crippen MR) is 73.3 cm³/mol. The van der Waals surface area contributed by atoms with Gasteiger partial charge in [-0.05, 0) is 38.2 Å². The van der Waals surface area contributed by atoms with E-state index >= 15 is 0 Å². The zero-order valence-electron chi connectivity index (χ0n) is 12.9. The molecule has 0 saturated carbocycles. The molecule has 8 heteroatoms. The Morgan fingerprint density at radius 3 is 2.22 bits per heavy atom. The molecule has 1 aliphatic rings. The molecule has 23 heavy (non-hydrogen) atoms. The molecule has 0 aromatic heterocycles. The van der Waals surface area contributed by atoms with Gasteiger partial charge >= 0.3 is 24.3 Å². The molecule has 0 atom stereocenters. The van der Waals surface area contributed by atoms with Crippen molar-refractivity contribution in [3.05, 3.63) is 11.1 Å². The minimum atomic E-state index is -4.39. The highest BCUT2D eigenvalue weighted by Crippen LogP contribution is 2.24. The average Bonchev–Trinajstić information content (AvgIpc) is 2.50. The first kappa shape index (κ1) is 19.4. The third-order valence-electron chi connectivity index (χ3n) is 3.57. The van der Waals surface area contributed by atoms with Crippen LogP contribution in [-0.4, -0.2) is 37.5 Å². The minimum absolute atomic E-state index is 0.156. The number of rotatable bonds is 8. The van der Waals surface area contributed by atoms with E-state index in [-0.39, 0.29) is 13.0 Å². The summed E-state index contributed by atoms with van der Waals surface area (Å²) in [6.45, 7) is 0.427. The molecule has 1 rings (SSSR count). The molecule has 0 aliphatic heterocycles. The van der Waals surface area contributed by atoms with Crippen LogP contribution in [0, 0.1) is 0 Å². The van der Waals surface area contributed by atoms with Crippen molar-refractivity contribution in [3.63, 3.8) is 0 Å². The van der Waals surface area contributed by atoms with Crippen LogP contribution in [0.15, 0.2) is 11.1 Å². The van der Waals surface area contributed by atoms with Gasteiger partial charge in [0.05, 0.1) is 12.8 Å². The van der Waals surface area contributed by atoms with E-state index in [4.69, 9.17) is 4.74 Å². The Hall–Kier alpha value is -1.60. The van der Waals surface area contributed by atoms with Gasteiger partial charge in [-0.15, -0.1) is 0 Å². The summed E-state index contributed by atoms with van der Waals surface area (Å²) in [5.74, 6) is -6.19. The molecule has 0 amide bonds. The van der Waals surface area contributed by atoms with Crippen molar-refractivity contribution in [2.75, 3.05) is 13.2 Å². The summed E-state index contributed by atoms with van der Waals surface area (Å²) in [5, 5.41) is 0. The van der Waals surface area contributed by atoms with Gasteiger partial charge in [0, 0.05) is 0 Å². The third kappa shape index (κ3) is 7.00. The highest BCUT2D eigenvalue weighted by atomic mass is 19.3. The molecule has 0 fully saturated rings. The monoisotopic (exact) mass is 340 g/mol. The van der Waals surface area contributed by atoms with Crippen molar-refractivity contribution in [2.45, 2.75) is 57.8 Å². The van der Waals surface area contributed by atoms with Crippen LogP contribution in [0.2, 0.25) is 0 Å². The van der Waals surface area contributed by atoms with E-state index in [9.17, 15) is 27.2 Å². The van der Waals surface area contributed by atoms with Crippen LogP contribution in [0.3, 0.4) is 0 Å². The maximum atomic E-state index is 12.5. The van der Waals surface area contributed by atoms with E-state index in [0.29, 0.717) is 0 Å². The van der Waals surface area contributed by atoms with E-state index in [0.717, 1.165) is 31.3 Å². The summed E-state index contributed by atoms with van der Waals surface area (Å²) in [6.07, 6.45) is -0.761. The fourth-order valence-corrected chi connectivity index (χ4v) is 2.07. The highest BCUT2D eigenvalue weighted by Gasteiger charge is 2.42. The second kappa shape index (κ2) is 8.88. The number of carbonyl (C=O) groups excluding carboxylic acids is 2. The Bertz CT molecular complexity index is 460. The molecule has 4 nitrogen and oxygen atoms in total. The number of alkyl halides is 4. The molecule has 1 aliphatic carbocycles. The number of halogens is 4. The molecule has 0 unspecified atom stereocenters. The fourth-order valence-electron chi connectivity index (χ4n) is 2.07. The fraction of sp³-hybridized carbons (Fsp3) is 0.733. The standard InChI is InChI=1S/C15H20F4O4/c1-10-4-2-3-5-11(10)8-22-12(20)6-7-13(21)23-9-15(18,19)14(16)17/h14H,2-9H2,1H3. The molecular weight excluding hydrogens is 320 g/mol. The van der Waals surface area contributed by atoms with Gasteiger partial charge in [0.1, 0.15) is 6.61 Å². The van der Waals surface area contributed by atoms with E-state index in [2.05, 4.69) is 4.74 Å². The van der Waals surface area contributed by atoms with Crippen LogP contribution in [0.5, 0.6) is 0 Å². The van der Waals surface area contributed by atoms with E-state index in [1.165, 1.54) is 5.57 Å². The Morgan fingerprint density at radius 1 is 1.09 bits per heavy atom. The largest absolute Gasteiger partial charge is 0.461 e. The molecule has 0 spiro atoms. The van der Waals surface area contributed by atoms with Gasteiger partial charge < -0.3 is 9.47 Å². The van der Waals surface area contributed by atoms with Gasteiger partial charge in [-0.1, -0.05) is 5.57 Å². The Labute approximate surface area is 131 Å². The first-order valence-electron chi connectivity index (χ1n) is 7.37. The molecule has 0 bridgehead atoms. The number of hydrogen-bond donors (Lipinski definition) is 0. The van der Waals surface area contributed by atoms with Gasteiger partial charge in [-0.2, -0.15) is 8.78 Å². The molecule has 0 heterocycles. The van der Waals surface area contributed by atoms with Crippen molar-refractivity contribution in [3.8, 4) is 0 Å². The lowest BCUT2D eigenvalue weighted by atomic mass is 9.93. The van der Waals surface area contributed by atoms with Gasteiger partial charge in [-0.3, -0.25) is 9.59 Å². The van der Waals surface area contributed by atoms with Crippen LogP contribution in [0.1, 0.15) is 45.4 Å². The lowest BCUT2D eigenvalue weighted by molar-refractivity contribution is -0.180. The topological polar surface area (TPSA) is 52.6 Å². The molecular formula is C15H20F4O4. The average molecular weight is 340 g/mol. The molecule has 0 saturated heterocycles. The van der Waals surface area contributed by atoms with Crippen LogP contribution >= 0.6 is 0 Å². The number of allylic oxidation sites excluding steroid dienone is 1. The molecule has 0 radical (unpaired) electrons. The first-order chi connectivity index (χ1) is 10.7. The lowest BCUT2D eigenvalue weighted by Gasteiger charge is -2.17. The second-order valence-corrected chi connectivity index (χ2v) is 5.47. The quantitative estimate of drug-likeness (QED) is 0.384. The van der Waals surface area contributed by atoms with Crippen molar-refractivity contribution >= 4 is 11.9 Å². The molecule has 0 N–H and O–H groups in total. The molecule has 0 aromatic rings. The van der Waals surface area contributed by atoms with Crippen LogP contribution in [0.4, 0.5) is 17.6 Å². The van der Waals surface area contributed by atoms with Crippen molar-refractivity contribution in [1.82, 2.24) is 0 Å². The van der Waals surface area contributed by atoms with Crippen LogP contribution in [-0.2, 0) is 19.1 Å². The summed E-state index contributed by atoms with van der Waals surface area (Å²) in [5.41, 5.74) is 2.25. The Balaban J connectivity index is 2.24.